The van der Waals surface area contributed by atoms with Crippen LogP contribution in [0.25, 0.3) is 0 Å². The molecule has 0 aromatic rings. The van der Waals surface area contributed by atoms with E-state index >= 15 is 0 Å². The SMILES string of the molecule is CCCN(CC#N)CC1CC1. The van der Waals surface area contributed by atoms with Crippen LogP contribution < -0.4 is 0 Å². The molecule has 0 aromatic carbocycles. The Bertz CT molecular complexity index is 144. The van der Waals surface area contributed by atoms with Gasteiger partial charge in [-0.1, -0.05) is 6.92 Å². The zero-order valence-corrected chi connectivity index (χ0v) is 7.21. The third-order valence-corrected chi connectivity index (χ3v) is 2.05. The summed E-state index contributed by atoms with van der Waals surface area (Å²) in [6, 6.07) is 2.21. The van der Waals surface area contributed by atoms with Crippen molar-refractivity contribution in [1.82, 2.24) is 4.90 Å². The minimum Gasteiger partial charge on any atom is -0.290 e. The van der Waals surface area contributed by atoms with Crippen LogP contribution >= 0.6 is 0 Å². The monoisotopic (exact) mass is 152 g/mol. The fourth-order valence-electron chi connectivity index (χ4n) is 1.32. The van der Waals surface area contributed by atoms with Crippen LogP contribution in [0.3, 0.4) is 0 Å². The second kappa shape index (κ2) is 4.35. The third kappa shape index (κ3) is 3.38. The molecular weight excluding hydrogens is 136 g/mol. The van der Waals surface area contributed by atoms with Crippen molar-refractivity contribution < 1.29 is 0 Å². The molecule has 0 radical (unpaired) electrons. The second-order valence-electron chi connectivity index (χ2n) is 3.34. The van der Waals surface area contributed by atoms with Gasteiger partial charge in [-0.05, 0) is 31.7 Å². The maximum absolute atomic E-state index is 8.50. The maximum Gasteiger partial charge on any atom is 0.0866 e. The van der Waals surface area contributed by atoms with Crippen LogP contribution in [-0.2, 0) is 0 Å². The van der Waals surface area contributed by atoms with Gasteiger partial charge in [0.15, 0.2) is 0 Å². The predicted molar refractivity (Wildman–Crippen MR) is 45.1 cm³/mol. The van der Waals surface area contributed by atoms with Crippen LogP contribution in [0, 0.1) is 17.2 Å². The number of nitriles is 1. The van der Waals surface area contributed by atoms with Gasteiger partial charge in [0.2, 0.25) is 0 Å². The van der Waals surface area contributed by atoms with Gasteiger partial charge >= 0.3 is 0 Å². The summed E-state index contributed by atoms with van der Waals surface area (Å²) >= 11 is 0. The first kappa shape index (κ1) is 8.55. The molecule has 0 unspecified atom stereocenters. The van der Waals surface area contributed by atoms with E-state index in [2.05, 4.69) is 17.9 Å². The second-order valence-corrected chi connectivity index (χ2v) is 3.34. The Kier molecular flexibility index (Phi) is 3.38. The highest BCUT2D eigenvalue weighted by Gasteiger charge is 2.23. The fraction of sp³-hybridized carbons (Fsp3) is 0.889. The number of hydrogen-bond donors (Lipinski definition) is 0. The number of rotatable bonds is 5. The quantitative estimate of drug-likeness (QED) is 0.560. The Morgan fingerprint density at radius 3 is 2.73 bits per heavy atom. The van der Waals surface area contributed by atoms with E-state index in [9.17, 15) is 0 Å². The van der Waals surface area contributed by atoms with E-state index < -0.39 is 0 Å². The molecular formula is C9H16N2. The van der Waals surface area contributed by atoms with Gasteiger partial charge in [0, 0.05) is 6.54 Å². The molecule has 0 amide bonds. The molecule has 1 rings (SSSR count). The van der Waals surface area contributed by atoms with Crippen molar-refractivity contribution in [2.45, 2.75) is 26.2 Å². The molecule has 2 heteroatoms. The molecule has 1 fully saturated rings. The molecule has 0 aliphatic heterocycles. The van der Waals surface area contributed by atoms with Gasteiger partial charge in [-0.15, -0.1) is 0 Å². The van der Waals surface area contributed by atoms with Crippen molar-refractivity contribution in [2.24, 2.45) is 5.92 Å². The van der Waals surface area contributed by atoms with Gasteiger partial charge in [-0.2, -0.15) is 5.26 Å². The smallest absolute Gasteiger partial charge is 0.0866 e. The molecule has 0 N–H and O–H groups in total. The molecule has 1 aliphatic carbocycles. The lowest BCUT2D eigenvalue weighted by Gasteiger charge is -2.16. The molecule has 11 heavy (non-hydrogen) atoms. The molecule has 0 atom stereocenters. The summed E-state index contributed by atoms with van der Waals surface area (Å²) in [5.41, 5.74) is 0. The van der Waals surface area contributed by atoms with Crippen molar-refractivity contribution in [1.29, 1.82) is 5.26 Å². The fourth-order valence-corrected chi connectivity index (χ4v) is 1.32. The summed E-state index contributed by atoms with van der Waals surface area (Å²) in [6.45, 7) is 5.02. The highest BCUT2D eigenvalue weighted by molar-refractivity contribution is 4.82. The van der Waals surface area contributed by atoms with Crippen LogP contribution in [0.4, 0.5) is 0 Å². The standard InChI is InChI=1S/C9H16N2/c1-2-6-11(7-5-10)8-9-3-4-9/h9H,2-4,6-8H2,1H3. The first-order valence-corrected chi connectivity index (χ1v) is 4.46. The van der Waals surface area contributed by atoms with Gasteiger partial charge < -0.3 is 0 Å². The molecule has 1 saturated carbocycles. The van der Waals surface area contributed by atoms with E-state index in [1.807, 2.05) is 0 Å². The normalized spacial score (nSPS) is 16.8. The molecule has 62 valence electrons. The Morgan fingerprint density at radius 2 is 2.27 bits per heavy atom. The average molecular weight is 152 g/mol. The van der Waals surface area contributed by atoms with Gasteiger partial charge in [-0.25, -0.2) is 0 Å². The summed E-state index contributed by atoms with van der Waals surface area (Å²) in [4.78, 5) is 2.26. The highest BCUT2D eigenvalue weighted by Crippen LogP contribution is 2.29. The van der Waals surface area contributed by atoms with Crippen molar-refractivity contribution in [3.63, 3.8) is 0 Å². The first-order valence-electron chi connectivity index (χ1n) is 4.46. The average Bonchev–Trinajstić information content (AvgIpc) is 2.73. The summed E-state index contributed by atoms with van der Waals surface area (Å²) in [5.74, 6) is 0.912. The van der Waals surface area contributed by atoms with Crippen LogP contribution in [0.1, 0.15) is 26.2 Å². The number of hydrogen-bond acceptors (Lipinski definition) is 2. The zero-order valence-electron chi connectivity index (χ0n) is 7.21. The molecule has 0 bridgehead atoms. The van der Waals surface area contributed by atoms with E-state index in [1.165, 1.54) is 12.8 Å². The lowest BCUT2D eigenvalue weighted by atomic mass is 10.3. The minimum atomic E-state index is 0.615. The highest BCUT2D eigenvalue weighted by atomic mass is 15.1. The van der Waals surface area contributed by atoms with Crippen LogP contribution in [-0.4, -0.2) is 24.5 Å². The Morgan fingerprint density at radius 1 is 1.55 bits per heavy atom. The van der Waals surface area contributed by atoms with Crippen molar-refractivity contribution in [2.75, 3.05) is 19.6 Å². The van der Waals surface area contributed by atoms with Gasteiger partial charge in [-0.3, -0.25) is 4.90 Å². The largest absolute Gasteiger partial charge is 0.290 e. The van der Waals surface area contributed by atoms with Crippen molar-refractivity contribution >= 4 is 0 Å². The third-order valence-electron chi connectivity index (χ3n) is 2.05. The van der Waals surface area contributed by atoms with Crippen LogP contribution in [0.15, 0.2) is 0 Å². The van der Waals surface area contributed by atoms with E-state index in [0.717, 1.165) is 25.4 Å². The Balaban J connectivity index is 2.14. The molecule has 0 aromatic heterocycles. The van der Waals surface area contributed by atoms with Crippen LogP contribution in [0.2, 0.25) is 0 Å². The van der Waals surface area contributed by atoms with Gasteiger partial charge in [0.25, 0.3) is 0 Å². The molecule has 0 spiro atoms. The lowest BCUT2D eigenvalue weighted by Crippen LogP contribution is -2.27. The van der Waals surface area contributed by atoms with Crippen molar-refractivity contribution in [3.8, 4) is 6.07 Å². The van der Waals surface area contributed by atoms with E-state index in [-0.39, 0.29) is 0 Å². The number of nitrogens with zero attached hydrogens (tertiary/aromatic N) is 2. The Hall–Kier alpha value is -0.550. The van der Waals surface area contributed by atoms with Gasteiger partial charge in [0.05, 0.1) is 12.6 Å². The van der Waals surface area contributed by atoms with E-state index in [0.29, 0.717) is 6.54 Å². The topological polar surface area (TPSA) is 27.0 Å². The Labute approximate surface area is 68.8 Å². The van der Waals surface area contributed by atoms with E-state index in [1.54, 1.807) is 0 Å². The summed E-state index contributed by atoms with van der Waals surface area (Å²) in [5, 5.41) is 8.50. The molecule has 0 saturated heterocycles. The summed E-state index contributed by atoms with van der Waals surface area (Å²) in [6.07, 6.45) is 3.92. The van der Waals surface area contributed by atoms with Crippen LogP contribution in [0.5, 0.6) is 0 Å². The predicted octanol–water partition coefficient (Wildman–Crippen LogP) is 1.63. The molecule has 2 nitrogen and oxygen atoms in total. The lowest BCUT2D eigenvalue weighted by molar-refractivity contribution is 0.294. The van der Waals surface area contributed by atoms with Crippen molar-refractivity contribution in [3.05, 3.63) is 0 Å². The molecule has 0 heterocycles. The first-order chi connectivity index (χ1) is 5.36. The zero-order chi connectivity index (χ0) is 8.10. The maximum atomic E-state index is 8.50. The summed E-state index contributed by atoms with van der Waals surface area (Å²) in [7, 11) is 0. The summed E-state index contributed by atoms with van der Waals surface area (Å²) < 4.78 is 0. The van der Waals surface area contributed by atoms with E-state index in [4.69, 9.17) is 5.26 Å². The minimum absolute atomic E-state index is 0.615. The van der Waals surface area contributed by atoms with Gasteiger partial charge in [0.1, 0.15) is 0 Å². The molecule has 1 aliphatic rings.